The number of amides is 1. The molecule has 3 aliphatic rings. The second-order valence-electron chi connectivity index (χ2n) is 10.4. The number of nitrogens with one attached hydrogen (secondary N) is 1. The summed E-state index contributed by atoms with van der Waals surface area (Å²) in [5.74, 6) is -0.309. The van der Waals surface area contributed by atoms with Crippen molar-refractivity contribution in [3.05, 3.63) is 58.7 Å². The van der Waals surface area contributed by atoms with Gasteiger partial charge in [-0.2, -0.15) is 26.3 Å². The molecule has 13 heteroatoms. The van der Waals surface area contributed by atoms with E-state index in [1.54, 1.807) is 6.07 Å². The van der Waals surface area contributed by atoms with Crippen molar-refractivity contribution >= 4 is 5.91 Å². The number of alkyl halides is 8. The van der Waals surface area contributed by atoms with Crippen molar-refractivity contribution in [2.24, 2.45) is 11.3 Å². The Morgan fingerprint density at radius 3 is 2.18 bits per heavy atom. The maximum atomic E-state index is 13.4. The van der Waals surface area contributed by atoms with Crippen LogP contribution in [0.1, 0.15) is 47.9 Å². The molecule has 0 radical (unpaired) electrons. The molecule has 2 aromatic rings. The molecule has 1 atom stereocenters. The van der Waals surface area contributed by atoms with Gasteiger partial charge >= 0.3 is 18.6 Å². The molecule has 1 aliphatic carbocycles. The number of nitrogens with zero attached hydrogens (tertiary/aromatic N) is 1. The van der Waals surface area contributed by atoms with E-state index in [1.165, 1.54) is 12.1 Å². The lowest BCUT2D eigenvalue weighted by molar-refractivity contribution is -0.286. The Bertz CT molecular complexity index is 1230. The van der Waals surface area contributed by atoms with Crippen molar-refractivity contribution in [3.63, 3.8) is 0 Å². The summed E-state index contributed by atoms with van der Waals surface area (Å²) in [7, 11) is 0. The fourth-order valence-electron chi connectivity index (χ4n) is 5.25. The summed E-state index contributed by atoms with van der Waals surface area (Å²) >= 11 is 0. The van der Waals surface area contributed by atoms with E-state index in [9.17, 15) is 39.9 Å². The maximum Gasteiger partial charge on any atom is 0.586 e. The average molecular weight is 564 g/mol. The summed E-state index contributed by atoms with van der Waals surface area (Å²) in [6, 6.07) is 5.67. The number of ether oxygens (including phenoxy) is 2. The molecule has 5 rings (SSSR count). The van der Waals surface area contributed by atoms with Gasteiger partial charge in [-0.1, -0.05) is 18.9 Å². The number of rotatable bonds is 7. The number of likely N-dealkylation sites (tertiary alicyclic amines) is 1. The van der Waals surface area contributed by atoms with Crippen molar-refractivity contribution in [1.29, 1.82) is 0 Å². The normalized spacial score (nSPS) is 22.8. The molecule has 1 N–H and O–H groups in total. The van der Waals surface area contributed by atoms with Crippen LogP contribution in [0.4, 0.5) is 35.1 Å². The molecular formula is C26H24F8N2O3. The van der Waals surface area contributed by atoms with Gasteiger partial charge in [0.25, 0.3) is 0 Å². The third-order valence-electron chi connectivity index (χ3n) is 7.26. The molecule has 5 nitrogen and oxygen atoms in total. The predicted molar refractivity (Wildman–Crippen MR) is 121 cm³/mol. The third-order valence-corrected chi connectivity index (χ3v) is 7.26. The summed E-state index contributed by atoms with van der Waals surface area (Å²) in [4.78, 5) is 15.4. The van der Waals surface area contributed by atoms with Gasteiger partial charge in [0.15, 0.2) is 11.5 Å². The molecule has 2 heterocycles. The Morgan fingerprint density at radius 1 is 0.923 bits per heavy atom. The largest absolute Gasteiger partial charge is 0.586 e. The Hall–Kier alpha value is -3.09. The van der Waals surface area contributed by atoms with Crippen molar-refractivity contribution in [2.75, 3.05) is 13.1 Å². The summed E-state index contributed by atoms with van der Waals surface area (Å²) in [5, 5.41) is 2.58. The molecule has 1 saturated carbocycles. The Kier molecular flexibility index (Phi) is 6.71. The zero-order valence-corrected chi connectivity index (χ0v) is 20.4. The molecule has 212 valence electrons. The highest BCUT2D eigenvalue weighted by molar-refractivity contribution is 5.83. The number of carbonyl (C=O) groups excluding carboxylic acids is 1. The molecule has 1 saturated heterocycles. The van der Waals surface area contributed by atoms with Gasteiger partial charge in [0.2, 0.25) is 5.91 Å². The van der Waals surface area contributed by atoms with Crippen molar-refractivity contribution in [1.82, 2.24) is 10.2 Å². The van der Waals surface area contributed by atoms with Crippen molar-refractivity contribution in [3.8, 4) is 11.5 Å². The molecule has 0 aromatic heterocycles. The van der Waals surface area contributed by atoms with Crippen LogP contribution >= 0.6 is 0 Å². The van der Waals surface area contributed by atoms with Crippen LogP contribution in [0.15, 0.2) is 36.4 Å². The van der Waals surface area contributed by atoms with Gasteiger partial charge in [-0.05, 0) is 66.8 Å². The lowest BCUT2D eigenvalue weighted by atomic mass is 9.80. The zero-order valence-electron chi connectivity index (χ0n) is 20.4. The lowest BCUT2D eigenvalue weighted by Gasteiger charge is -2.29. The Morgan fingerprint density at radius 2 is 1.56 bits per heavy atom. The second-order valence-corrected chi connectivity index (χ2v) is 10.4. The number of benzene rings is 2. The van der Waals surface area contributed by atoms with E-state index in [0.717, 1.165) is 12.8 Å². The fraction of sp³-hybridized carbons (Fsp3) is 0.500. The monoisotopic (exact) mass is 564 g/mol. The van der Waals surface area contributed by atoms with E-state index in [1.807, 2.05) is 4.90 Å². The quantitative estimate of drug-likeness (QED) is 0.398. The van der Waals surface area contributed by atoms with Crippen molar-refractivity contribution < 1.29 is 49.4 Å². The molecule has 2 fully saturated rings. The summed E-state index contributed by atoms with van der Waals surface area (Å²) in [6.07, 6.45) is -10.9. The van der Waals surface area contributed by atoms with Crippen LogP contribution in [0.25, 0.3) is 0 Å². The standard InChI is InChI=1S/C26H24F8N2O3/c27-24(28,29)18-7-17(8-19(10-18)25(30,31)32)12-35-22(37)23(11-15-1-2-15)5-6-36(14-23)13-16-3-4-20-21(9-16)39-26(33,34)38-20/h3-4,7-10,15H,1-2,5-6,11-14H2,(H,35,37). The van der Waals surface area contributed by atoms with Gasteiger partial charge in [0.05, 0.1) is 16.5 Å². The Labute approximate surface area is 218 Å². The summed E-state index contributed by atoms with van der Waals surface area (Å²) in [5.41, 5.74) is -3.41. The van der Waals surface area contributed by atoms with Gasteiger partial charge in [-0.3, -0.25) is 9.69 Å². The van der Waals surface area contributed by atoms with E-state index in [-0.39, 0.29) is 23.1 Å². The van der Waals surface area contributed by atoms with E-state index < -0.39 is 47.6 Å². The fourth-order valence-corrected chi connectivity index (χ4v) is 5.25. The summed E-state index contributed by atoms with van der Waals surface area (Å²) in [6.45, 7) is 0.627. The number of hydrogen-bond acceptors (Lipinski definition) is 4. The van der Waals surface area contributed by atoms with Gasteiger partial charge in [0.1, 0.15) is 0 Å². The highest BCUT2D eigenvalue weighted by Gasteiger charge is 2.48. The molecular weight excluding hydrogens is 540 g/mol. The van der Waals surface area contributed by atoms with E-state index in [4.69, 9.17) is 0 Å². The average Bonchev–Trinajstić information content (AvgIpc) is 3.45. The highest BCUT2D eigenvalue weighted by Crippen LogP contribution is 2.46. The molecule has 0 bridgehead atoms. The molecule has 2 aromatic carbocycles. The first-order valence-corrected chi connectivity index (χ1v) is 12.3. The Balaban J connectivity index is 1.29. The first kappa shape index (κ1) is 27.5. The van der Waals surface area contributed by atoms with Crippen LogP contribution in [-0.2, 0) is 30.2 Å². The molecule has 0 spiro atoms. The minimum Gasteiger partial charge on any atom is -0.395 e. The number of hydrogen-bond donors (Lipinski definition) is 1. The minimum absolute atomic E-state index is 0.0476. The molecule has 1 amide bonds. The maximum absolute atomic E-state index is 13.4. The smallest absolute Gasteiger partial charge is 0.395 e. The number of carbonyl (C=O) groups is 1. The van der Waals surface area contributed by atoms with Gasteiger partial charge < -0.3 is 14.8 Å². The zero-order chi connectivity index (χ0) is 28.2. The van der Waals surface area contributed by atoms with Crippen molar-refractivity contribution in [2.45, 2.75) is 57.4 Å². The number of halogens is 8. The molecule has 1 unspecified atom stereocenters. The predicted octanol–water partition coefficient (Wildman–Crippen LogP) is 6.35. The lowest BCUT2D eigenvalue weighted by Crippen LogP contribution is -2.43. The third kappa shape index (κ3) is 6.23. The van der Waals surface area contributed by atoms with Gasteiger partial charge in [-0.15, -0.1) is 8.78 Å². The van der Waals surface area contributed by atoms with Crippen LogP contribution in [0.2, 0.25) is 0 Å². The van der Waals surface area contributed by atoms with E-state index in [0.29, 0.717) is 56.1 Å². The van der Waals surface area contributed by atoms with Gasteiger partial charge in [0, 0.05) is 19.6 Å². The van der Waals surface area contributed by atoms with E-state index >= 15 is 0 Å². The van der Waals surface area contributed by atoms with Crippen LogP contribution in [0.3, 0.4) is 0 Å². The summed E-state index contributed by atoms with van der Waals surface area (Å²) < 4.78 is 115. The highest BCUT2D eigenvalue weighted by atomic mass is 19.4. The van der Waals surface area contributed by atoms with Crippen LogP contribution in [0, 0.1) is 11.3 Å². The first-order valence-electron chi connectivity index (χ1n) is 12.3. The second kappa shape index (κ2) is 9.53. The van der Waals surface area contributed by atoms with Gasteiger partial charge in [-0.25, -0.2) is 0 Å². The molecule has 2 aliphatic heterocycles. The number of fused-ring (bicyclic) bond motifs is 1. The van der Waals surface area contributed by atoms with E-state index in [2.05, 4.69) is 14.8 Å². The van der Waals surface area contributed by atoms with Crippen LogP contribution in [0.5, 0.6) is 11.5 Å². The first-order chi connectivity index (χ1) is 18.1. The van der Waals surface area contributed by atoms with Crippen LogP contribution in [-0.4, -0.2) is 30.2 Å². The topological polar surface area (TPSA) is 50.8 Å². The SMILES string of the molecule is O=C(NCc1cc(C(F)(F)F)cc(C(F)(F)F)c1)C1(CC2CC2)CCN(Cc2ccc3c(c2)OC(F)(F)O3)C1. The minimum atomic E-state index is -4.98. The molecule has 39 heavy (non-hydrogen) atoms. The van der Waals surface area contributed by atoms with Crippen LogP contribution < -0.4 is 14.8 Å².